The number of anilines is 1. The van der Waals surface area contributed by atoms with Crippen LogP contribution < -0.4 is 4.90 Å². The lowest BCUT2D eigenvalue weighted by molar-refractivity contribution is -0.384. The Morgan fingerprint density at radius 2 is 2.38 bits per heavy atom. The number of β-amino-alcohol motifs (C(OH)–C–C–N with tert-alkyl or cyclic N) is 1. The predicted octanol–water partition coefficient (Wildman–Crippen LogP) is 0.363. The molecule has 2 heterocycles. The molecule has 0 radical (unpaired) electrons. The standard InChI is InChI=1S/C13H17N5O3/c1-16(2)7-10-5-11(19)8-17(10)13-12(18(20)21)9(6-14)3-4-15-13/h3-4,10-11,19H,5,7-8H2,1-2H3. The van der Waals surface area contributed by atoms with Crippen molar-refractivity contribution < 1.29 is 10.0 Å². The largest absolute Gasteiger partial charge is 0.391 e. The summed E-state index contributed by atoms with van der Waals surface area (Å²) in [6.45, 7) is 0.925. The van der Waals surface area contributed by atoms with Gasteiger partial charge in [-0.1, -0.05) is 0 Å². The third kappa shape index (κ3) is 3.09. The molecule has 2 atom stereocenters. The van der Waals surface area contributed by atoms with Crippen molar-refractivity contribution in [2.24, 2.45) is 0 Å². The van der Waals surface area contributed by atoms with E-state index in [0.29, 0.717) is 13.0 Å². The highest BCUT2D eigenvalue weighted by molar-refractivity contribution is 5.66. The normalized spacial score (nSPS) is 21.6. The van der Waals surface area contributed by atoms with E-state index in [-0.39, 0.29) is 29.7 Å². The van der Waals surface area contributed by atoms with Crippen LogP contribution in [-0.2, 0) is 0 Å². The average molecular weight is 291 g/mol. The molecule has 1 N–H and O–H groups in total. The second-order valence-corrected chi connectivity index (χ2v) is 5.36. The van der Waals surface area contributed by atoms with Crippen molar-refractivity contribution >= 4 is 11.5 Å². The van der Waals surface area contributed by atoms with Gasteiger partial charge in [-0.15, -0.1) is 0 Å². The Morgan fingerprint density at radius 1 is 1.67 bits per heavy atom. The number of hydrogen-bond donors (Lipinski definition) is 1. The molecular weight excluding hydrogens is 274 g/mol. The molecule has 2 rings (SSSR count). The smallest absolute Gasteiger partial charge is 0.329 e. The molecule has 0 spiro atoms. The van der Waals surface area contributed by atoms with E-state index in [2.05, 4.69) is 4.98 Å². The van der Waals surface area contributed by atoms with Crippen LogP contribution >= 0.6 is 0 Å². The molecule has 21 heavy (non-hydrogen) atoms. The topological polar surface area (TPSA) is 107 Å². The first-order valence-electron chi connectivity index (χ1n) is 6.57. The van der Waals surface area contributed by atoms with Crippen LogP contribution in [0.2, 0.25) is 0 Å². The zero-order valence-electron chi connectivity index (χ0n) is 11.9. The fourth-order valence-electron chi connectivity index (χ4n) is 2.67. The Hall–Kier alpha value is -2.24. The molecule has 2 unspecified atom stereocenters. The Labute approximate surface area is 122 Å². The summed E-state index contributed by atoms with van der Waals surface area (Å²) in [5, 5.41) is 30.2. The van der Waals surface area contributed by atoms with Crippen LogP contribution in [0.3, 0.4) is 0 Å². The molecule has 0 aromatic carbocycles. The fourth-order valence-corrected chi connectivity index (χ4v) is 2.67. The summed E-state index contributed by atoms with van der Waals surface area (Å²) in [6.07, 6.45) is 1.36. The minimum absolute atomic E-state index is 0.0185. The number of hydrogen-bond acceptors (Lipinski definition) is 7. The molecule has 1 saturated heterocycles. The number of aromatic nitrogens is 1. The number of nitro groups is 1. The summed E-state index contributed by atoms with van der Waals surface area (Å²) in [7, 11) is 3.80. The third-order valence-corrected chi connectivity index (χ3v) is 3.45. The molecule has 1 fully saturated rings. The van der Waals surface area contributed by atoms with E-state index in [1.54, 1.807) is 4.90 Å². The van der Waals surface area contributed by atoms with Gasteiger partial charge in [0.1, 0.15) is 11.6 Å². The van der Waals surface area contributed by atoms with Crippen molar-refractivity contribution in [2.75, 3.05) is 32.1 Å². The molecule has 1 aromatic rings. The average Bonchev–Trinajstić information content (AvgIpc) is 2.77. The minimum Gasteiger partial charge on any atom is -0.391 e. The van der Waals surface area contributed by atoms with Gasteiger partial charge in [0, 0.05) is 25.3 Å². The fraction of sp³-hybridized carbons (Fsp3) is 0.538. The number of pyridine rings is 1. The van der Waals surface area contributed by atoms with Crippen LogP contribution in [0.25, 0.3) is 0 Å². The van der Waals surface area contributed by atoms with Gasteiger partial charge >= 0.3 is 5.69 Å². The lowest BCUT2D eigenvalue weighted by Gasteiger charge is -2.27. The summed E-state index contributed by atoms with van der Waals surface area (Å²) >= 11 is 0. The van der Waals surface area contributed by atoms with E-state index in [0.717, 1.165) is 0 Å². The molecule has 1 aromatic heterocycles. The highest BCUT2D eigenvalue weighted by atomic mass is 16.6. The van der Waals surface area contributed by atoms with E-state index in [4.69, 9.17) is 5.26 Å². The van der Waals surface area contributed by atoms with E-state index >= 15 is 0 Å². The highest BCUT2D eigenvalue weighted by Crippen LogP contribution is 2.34. The zero-order chi connectivity index (χ0) is 15.6. The first-order chi connectivity index (χ1) is 9.93. The van der Waals surface area contributed by atoms with Gasteiger partial charge in [-0.3, -0.25) is 10.1 Å². The summed E-state index contributed by atoms with van der Waals surface area (Å²) in [5.41, 5.74) is -0.312. The molecule has 0 amide bonds. The van der Waals surface area contributed by atoms with E-state index in [1.165, 1.54) is 12.3 Å². The number of nitriles is 1. The van der Waals surface area contributed by atoms with E-state index in [1.807, 2.05) is 25.1 Å². The number of nitrogens with zero attached hydrogens (tertiary/aromatic N) is 5. The van der Waals surface area contributed by atoms with Crippen molar-refractivity contribution in [2.45, 2.75) is 18.6 Å². The van der Waals surface area contributed by atoms with Crippen LogP contribution in [0.4, 0.5) is 11.5 Å². The summed E-state index contributed by atoms with van der Waals surface area (Å²) in [5.74, 6) is 0.155. The molecule has 0 bridgehead atoms. The zero-order valence-corrected chi connectivity index (χ0v) is 11.9. The molecule has 1 aliphatic heterocycles. The van der Waals surface area contributed by atoms with Crippen LogP contribution in [0.5, 0.6) is 0 Å². The van der Waals surface area contributed by atoms with Crippen molar-refractivity contribution in [3.05, 3.63) is 27.9 Å². The van der Waals surface area contributed by atoms with Crippen molar-refractivity contribution in [3.8, 4) is 6.07 Å². The molecule has 8 heteroatoms. The van der Waals surface area contributed by atoms with Gasteiger partial charge in [0.15, 0.2) is 0 Å². The second-order valence-electron chi connectivity index (χ2n) is 5.36. The first-order valence-corrected chi connectivity index (χ1v) is 6.57. The maximum atomic E-state index is 11.3. The van der Waals surface area contributed by atoms with Crippen LogP contribution in [0.15, 0.2) is 12.3 Å². The minimum atomic E-state index is -0.585. The number of rotatable bonds is 4. The van der Waals surface area contributed by atoms with Gasteiger partial charge in [-0.2, -0.15) is 5.26 Å². The SMILES string of the molecule is CN(C)CC1CC(O)CN1c1nccc(C#N)c1[N+](=O)[O-]. The molecule has 8 nitrogen and oxygen atoms in total. The van der Waals surface area contributed by atoms with Crippen molar-refractivity contribution in [3.63, 3.8) is 0 Å². The number of aliphatic hydroxyl groups excluding tert-OH is 1. The molecule has 0 saturated carbocycles. The lowest BCUT2D eigenvalue weighted by Crippen LogP contribution is -2.38. The number of likely N-dealkylation sites (N-methyl/N-ethyl adjacent to an activating group) is 1. The van der Waals surface area contributed by atoms with Crippen LogP contribution in [0, 0.1) is 21.4 Å². The molecule has 112 valence electrons. The predicted molar refractivity (Wildman–Crippen MR) is 75.9 cm³/mol. The maximum Gasteiger partial charge on any atom is 0.329 e. The molecular formula is C13H17N5O3. The number of aliphatic hydroxyl groups is 1. The van der Waals surface area contributed by atoms with Gasteiger partial charge in [0.25, 0.3) is 0 Å². The first kappa shape index (κ1) is 15.2. The summed E-state index contributed by atoms with van der Waals surface area (Å²) < 4.78 is 0. The Morgan fingerprint density at radius 3 is 2.95 bits per heavy atom. The van der Waals surface area contributed by atoms with Crippen LogP contribution in [0.1, 0.15) is 12.0 Å². The quantitative estimate of drug-likeness (QED) is 0.630. The highest BCUT2D eigenvalue weighted by Gasteiger charge is 2.36. The Bertz CT molecular complexity index is 584. The van der Waals surface area contributed by atoms with Crippen LogP contribution in [-0.4, -0.2) is 59.2 Å². The molecule has 0 aliphatic carbocycles. The van der Waals surface area contributed by atoms with Gasteiger partial charge < -0.3 is 14.9 Å². The maximum absolute atomic E-state index is 11.3. The Kier molecular flexibility index (Phi) is 4.35. The van der Waals surface area contributed by atoms with Gasteiger partial charge in [0.2, 0.25) is 5.82 Å². The summed E-state index contributed by atoms with van der Waals surface area (Å²) in [6, 6.07) is 3.08. The van der Waals surface area contributed by atoms with E-state index in [9.17, 15) is 15.2 Å². The second kappa shape index (κ2) is 6.03. The van der Waals surface area contributed by atoms with Crippen molar-refractivity contribution in [1.29, 1.82) is 5.26 Å². The van der Waals surface area contributed by atoms with Gasteiger partial charge in [-0.25, -0.2) is 4.98 Å². The Balaban J connectivity index is 2.45. The summed E-state index contributed by atoms with van der Waals surface area (Å²) in [4.78, 5) is 18.5. The van der Waals surface area contributed by atoms with Gasteiger partial charge in [-0.05, 0) is 26.6 Å². The monoisotopic (exact) mass is 291 g/mol. The molecule has 1 aliphatic rings. The van der Waals surface area contributed by atoms with E-state index < -0.39 is 11.0 Å². The van der Waals surface area contributed by atoms with Gasteiger partial charge in [0.05, 0.1) is 11.0 Å². The third-order valence-electron chi connectivity index (χ3n) is 3.45. The van der Waals surface area contributed by atoms with Crippen molar-refractivity contribution in [1.82, 2.24) is 9.88 Å². The lowest BCUT2D eigenvalue weighted by atomic mass is 10.2.